The third kappa shape index (κ3) is 3.01. The van der Waals surface area contributed by atoms with Gasteiger partial charge in [-0.3, -0.25) is 9.47 Å². The Balaban J connectivity index is 1.67. The van der Waals surface area contributed by atoms with Crippen LogP contribution >= 0.6 is 12.2 Å². The van der Waals surface area contributed by atoms with Crippen LogP contribution < -0.4 is 4.90 Å². The van der Waals surface area contributed by atoms with Crippen molar-refractivity contribution in [1.82, 2.24) is 19.7 Å². The Bertz CT molecular complexity index is 648. The minimum Gasteiger partial charge on any atom is -0.338 e. The molecule has 6 heteroatoms. The molecule has 1 aromatic carbocycles. The van der Waals surface area contributed by atoms with E-state index in [1.165, 1.54) is 5.56 Å². The van der Waals surface area contributed by atoms with Crippen LogP contribution in [0.25, 0.3) is 0 Å². The van der Waals surface area contributed by atoms with Gasteiger partial charge in [-0.1, -0.05) is 30.3 Å². The fourth-order valence-electron chi connectivity index (χ4n) is 2.85. The number of rotatable bonds is 3. The van der Waals surface area contributed by atoms with Crippen LogP contribution in [-0.4, -0.2) is 45.3 Å². The third-order valence-corrected chi connectivity index (χ3v) is 4.50. The second-order valence-electron chi connectivity index (χ2n) is 5.64. The van der Waals surface area contributed by atoms with E-state index in [0.29, 0.717) is 10.8 Å². The van der Waals surface area contributed by atoms with E-state index in [1.54, 1.807) is 0 Å². The van der Waals surface area contributed by atoms with E-state index in [0.717, 1.165) is 32.1 Å². The van der Waals surface area contributed by atoms with E-state index in [-0.39, 0.29) is 0 Å². The predicted molar refractivity (Wildman–Crippen MR) is 86.9 cm³/mol. The molecule has 1 fully saturated rings. The maximum absolute atomic E-state index is 5.19. The molecule has 0 aliphatic carbocycles. The largest absolute Gasteiger partial charge is 0.338 e. The number of aromatic amines is 1. The molecule has 1 atom stereocenters. The van der Waals surface area contributed by atoms with Crippen LogP contribution in [-0.2, 0) is 13.6 Å². The van der Waals surface area contributed by atoms with Crippen molar-refractivity contribution < 1.29 is 0 Å². The number of piperazine rings is 1. The van der Waals surface area contributed by atoms with Crippen LogP contribution in [0, 0.1) is 4.77 Å². The van der Waals surface area contributed by atoms with E-state index in [9.17, 15) is 0 Å². The number of nitrogens with zero attached hydrogens (tertiary/aromatic N) is 4. The van der Waals surface area contributed by atoms with Crippen molar-refractivity contribution in [3.8, 4) is 0 Å². The van der Waals surface area contributed by atoms with Gasteiger partial charge in [0, 0.05) is 39.3 Å². The predicted octanol–water partition coefficient (Wildman–Crippen LogP) is 2.19. The molecule has 3 rings (SSSR count). The summed E-state index contributed by atoms with van der Waals surface area (Å²) in [6.07, 6.45) is 0. The number of hydrogen-bond donors (Lipinski definition) is 1. The van der Waals surface area contributed by atoms with Gasteiger partial charge in [0.25, 0.3) is 0 Å². The lowest BCUT2D eigenvalue weighted by atomic mass is 10.1. The third-order valence-electron chi connectivity index (χ3n) is 4.13. The first-order chi connectivity index (χ1) is 10.1. The van der Waals surface area contributed by atoms with E-state index < -0.39 is 0 Å². The average Bonchev–Trinajstić information content (AvgIpc) is 2.82. The monoisotopic (exact) mass is 303 g/mol. The zero-order valence-corrected chi connectivity index (χ0v) is 13.3. The van der Waals surface area contributed by atoms with Gasteiger partial charge in [0.1, 0.15) is 0 Å². The van der Waals surface area contributed by atoms with Crippen molar-refractivity contribution in [3.05, 3.63) is 40.7 Å². The van der Waals surface area contributed by atoms with Crippen LogP contribution in [0.2, 0.25) is 0 Å². The van der Waals surface area contributed by atoms with Gasteiger partial charge in [-0.25, -0.2) is 5.10 Å². The fourth-order valence-corrected chi connectivity index (χ4v) is 2.98. The molecule has 0 saturated carbocycles. The Morgan fingerprint density at radius 3 is 2.67 bits per heavy atom. The van der Waals surface area contributed by atoms with Crippen molar-refractivity contribution in [3.63, 3.8) is 0 Å². The van der Waals surface area contributed by atoms with Gasteiger partial charge in [0.2, 0.25) is 5.95 Å². The van der Waals surface area contributed by atoms with Gasteiger partial charge in [0.05, 0.1) is 0 Å². The summed E-state index contributed by atoms with van der Waals surface area (Å²) < 4.78 is 2.61. The van der Waals surface area contributed by atoms with Crippen LogP contribution in [0.5, 0.6) is 0 Å². The summed E-state index contributed by atoms with van der Waals surface area (Å²) in [5.74, 6) is 0.936. The molecular weight excluding hydrogens is 282 g/mol. The van der Waals surface area contributed by atoms with E-state index >= 15 is 0 Å². The molecule has 0 radical (unpaired) electrons. The zero-order chi connectivity index (χ0) is 14.8. The summed E-state index contributed by atoms with van der Waals surface area (Å²) in [6.45, 7) is 6.27. The SMILES string of the molecule is CC1CN(c2n[nH]c(=S)n2C)CCN1Cc1ccccc1. The summed E-state index contributed by atoms with van der Waals surface area (Å²) in [4.78, 5) is 4.82. The van der Waals surface area contributed by atoms with Gasteiger partial charge in [-0.05, 0) is 24.7 Å². The molecule has 0 spiro atoms. The number of benzene rings is 1. The Labute approximate surface area is 130 Å². The van der Waals surface area contributed by atoms with Crippen LogP contribution in [0.15, 0.2) is 30.3 Å². The number of anilines is 1. The highest BCUT2D eigenvalue weighted by molar-refractivity contribution is 7.71. The summed E-state index contributed by atoms with van der Waals surface area (Å²) in [5.41, 5.74) is 1.37. The molecule has 1 unspecified atom stereocenters. The minimum atomic E-state index is 0.490. The van der Waals surface area contributed by atoms with Crippen molar-refractivity contribution in [2.75, 3.05) is 24.5 Å². The standard InChI is InChI=1S/C15H21N5S/c1-12-10-20(14-16-17-15(21)18(14)2)9-8-19(12)11-13-6-4-3-5-7-13/h3-7,12H,8-11H2,1-2H3,(H,17,21). The maximum Gasteiger partial charge on any atom is 0.225 e. The van der Waals surface area contributed by atoms with Crippen molar-refractivity contribution in [2.24, 2.45) is 7.05 Å². The molecular formula is C15H21N5S. The molecule has 1 N–H and O–H groups in total. The van der Waals surface area contributed by atoms with Crippen LogP contribution in [0.4, 0.5) is 5.95 Å². The lowest BCUT2D eigenvalue weighted by Crippen LogP contribution is -2.52. The second-order valence-corrected chi connectivity index (χ2v) is 6.03. The Morgan fingerprint density at radius 2 is 2.05 bits per heavy atom. The van der Waals surface area contributed by atoms with Gasteiger partial charge >= 0.3 is 0 Å². The van der Waals surface area contributed by atoms with E-state index in [2.05, 4.69) is 57.3 Å². The van der Waals surface area contributed by atoms with Gasteiger partial charge in [-0.15, -0.1) is 5.10 Å². The molecule has 5 nitrogen and oxygen atoms in total. The number of aromatic nitrogens is 3. The normalized spacial score (nSPS) is 19.9. The molecule has 1 aliphatic rings. The molecule has 1 aromatic heterocycles. The fraction of sp³-hybridized carbons (Fsp3) is 0.467. The number of hydrogen-bond acceptors (Lipinski definition) is 4. The van der Waals surface area contributed by atoms with Crippen molar-refractivity contribution in [2.45, 2.75) is 19.5 Å². The molecule has 1 saturated heterocycles. The smallest absolute Gasteiger partial charge is 0.225 e. The molecule has 0 amide bonds. The quantitative estimate of drug-likeness (QED) is 0.883. The highest BCUT2D eigenvalue weighted by Gasteiger charge is 2.25. The lowest BCUT2D eigenvalue weighted by molar-refractivity contribution is 0.179. The first-order valence-corrected chi connectivity index (χ1v) is 7.70. The van der Waals surface area contributed by atoms with E-state index in [4.69, 9.17) is 12.2 Å². The summed E-state index contributed by atoms with van der Waals surface area (Å²) >= 11 is 5.19. The first-order valence-electron chi connectivity index (χ1n) is 7.29. The molecule has 1 aliphatic heterocycles. The topological polar surface area (TPSA) is 40.1 Å². The molecule has 2 aromatic rings. The Hall–Kier alpha value is -1.66. The van der Waals surface area contributed by atoms with Crippen molar-refractivity contribution in [1.29, 1.82) is 0 Å². The summed E-state index contributed by atoms with van der Waals surface area (Å²) in [5, 5.41) is 7.20. The number of nitrogens with one attached hydrogen (secondary N) is 1. The molecule has 2 heterocycles. The Morgan fingerprint density at radius 1 is 1.29 bits per heavy atom. The maximum atomic E-state index is 5.19. The van der Waals surface area contributed by atoms with Crippen molar-refractivity contribution >= 4 is 18.2 Å². The van der Waals surface area contributed by atoms with Crippen LogP contribution in [0.3, 0.4) is 0 Å². The second kappa shape index (κ2) is 5.99. The van der Waals surface area contributed by atoms with Gasteiger partial charge in [-0.2, -0.15) is 0 Å². The summed E-state index contributed by atoms with van der Waals surface area (Å²) in [7, 11) is 1.96. The zero-order valence-electron chi connectivity index (χ0n) is 12.5. The molecule has 0 bridgehead atoms. The minimum absolute atomic E-state index is 0.490. The molecule has 21 heavy (non-hydrogen) atoms. The lowest BCUT2D eigenvalue weighted by Gasteiger charge is -2.40. The highest BCUT2D eigenvalue weighted by Crippen LogP contribution is 2.18. The van der Waals surface area contributed by atoms with Gasteiger partial charge < -0.3 is 4.90 Å². The molecule has 112 valence electrons. The van der Waals surface area contributed by atoms with Gasteiger partial charge in [0.15, 0.2) is 4.77 Å². The number of H-pyrrole nitrogens is 1. The highest BCUT2D eigenvalue weighted by atomic mass is 32.1. The van der Waals surface area contributed by atoms with E-state index in [1.807, 2.05) is 11.6 Å². The Kier molecular flexibility index (Phi) is 4.07. The average molecular weight is 303 g/mol. The first kappa shape index (κ1) is 14.3. The van der Waals surface area contributed by atoms with Crippen LogP contribution in [0.1, 0.15) is 12.5 Å². The summed E-state index contributed by atoms with van der Waals surface area (Å²) in [6, 6.07) is 11.1.